The van der Waals surface area contributed by atoms with Crippen molar-refractivity contribution in [3.63, 3.8) is 0 Å². The van der Waals surface area contributed by atoms with Gasteiger partial charge in [-0.15, -0.1) is 0 Å². The minimum Gasteiger partial charge on any atom is -0.461 e. The summed E-state index contributed by atoms with van der Waals surface area (Å²) in [5.74, 6) is -4.11. The van der Waals surface area contributed by atoms with E-state index in [0.29, 0.717) is 12.1 Å². The minimum atomic E-state index is -1.48. The number of nitrogens with zero attached hydrogens (tertiary/aromatic N) is 3. The van der Waals surface area contributed by atoms with Crippen LogP contribution in [0.5, 0.6) is 0 Å². The molecule has 5 N–H and O–H groups in total. The van der Waals surface area contributed by atoms with Crippen LogP contribution in [0.2, 0.25) is 0 Å². The summed E-state index contributed by atoms with van der Waals surface area (Å²) in [6, 6.07) is 9.97. The molecule has 3 aliphatic heterocycles. The monoisotopic (exact) mass is 747 g/mol. The molecule has 290 valence electrons. The van der Waals surface area contributed by atoms with Crippen LogP contribution in [0.1, 0.15) is 45.1 Å². The summed E-state index contributed by atoms with van der Waals surface area (Å²) in [5.41, 5.74) is 1.21. The number of likely N-dealkylation sites (N-methyl/N-ethyl adjacent to an activating group) is 1. The summed E-state index contributed by atoms with van der Waals surface area (Å²) in [4.78, 5) is 100. The second-order valence-corrected chi connectivity index (χ2v) is 14.1. The van der Waals surface area contributed by atoms with Crippen molar-refractivity contribution in [1.29, 1.82) is 0 Å². The molecule has 2 aromatic rings. The number of anilines is 1. The molecule has 7 unspecified atom stereocenters. The first-order chi connectivity index (χ1) is 25.9. The van der Waals surface area contributed by atoms with E-state index >= 15 is 0 Å². The average Bonchev–Trinajstić information content (AvgIpc) is 3.81. The van der Waals surface area contributed by atoms with Gasteiger partial charge in [0.15, 0.2) is 0 Å². The van der Waals surface area contributed by atoms with Crippen LogP contribution < -0.4 is 21.3 Å². The van der Waals surface area contributed by atoms with Gasteiger partial charge in [-0.2, -0.15) is 0 Å². The van der Waals surface area contributed by atoms with E-state index in [0.717, 1.165) is 5.56 Å². The Bertz CT molecular complexity index is 1690. The quantitative estimate of drug-likeness (QED) is 0.237. The molecule has 5 rings (SSSR count). The van der Waals surface area contributed by atoms with Crippen LogP contribution in [0, 0.1) is 5.92 Å². The molecule has 3 heterocycles. The summed E-state index contributed by atoms with van der Waals surface area (Å²) in [7, 11) is 1.40. The second-order valence-electron chi connectivity index (χ2n) is 14.1. The Morgan fingerprint density at radius 3 is 2.30 bits per heavy atom. The van der Waals surface area contributed by atoms with Crippen LogP contribution in [0.15, 0.2) is 60.7 Å². The van der Waals surface area contributed by atoms with Crippen LogP contribution in [-0.2, 0) is 39.9 Å². The van der Waals surface area contributed by atoms with Crippen molar-refractivity contribution < 1.29 is 43.4 Å². The van der Waals surface area contributed by atoms with Crippen molar-refractivity contribution in [3.05, 3.63) is 66.2 Å². The third-order valence-electron chi connectivity index (χ3n) is 10.1. The van der Waals surface area contributed by atoms with E-state index in [9.17, 15) is 38.7 Å². The van der Waals surface area contributed by atoms with Gasteiger partial charge in [-0.05, 0) is 56.2 Å². The van der Waals surface area contributed by atoms with E-state index in [4.69, 9.17) is 4.74 Å². The highest BCUT2D eigenvalue weighted by Gasteiger charge is 2.45. The molecule has 3 aliphatic rings. The molecule has 0 spiro atoms. The lowest BCUT2D eigenvalue weighted by Crippen LogP contribution is -2.61. The lowest BCUT2D eigenvalue weighted by atomic mass is 10.0. The Balaban J connectivity index is 1.46. The number of hydrogen-bond donors (Lipinski definition) is 5. The standard InChI is InChI=1S/C38H49N7O9/c1-23-19-31-37(52)54-22-28(41-32(47)27(20-25-11-6-4-7-12-25)42-38(53)40-26-13-8-5-9-14-26)35(50)44-17-10-15-30(44)36(51)43(3)29(16-18-46)33(48)39-24(2)34(49)45(31)21-23/h4-9,11-14,23-24,27-31,46H,10,15-22H2,1-3H3,(H,39,48)(H,41,47)(H2,40,42,53). The summed E-state index contributed by atoms with van der Waals surface area (Å²) in [6.45, 7) is 2.66. The number of rotatable bonds is 8. The molecule has 0 aromatic heterocycles. The van der Waals surface area contributed by atoms with Gasteiger partial charge >= 0.3 is 12.0 Å². The van der Waals surface area contributed by atoms with Crippen LogP contribution >= 0.6 is 0 Å². The predicted octanol–water partition coefficient (Wildman–Crippen LogP) is 0.403. The number of para-hydroxylation sites is 1. The predicted molar refractivity (Wildman–Crippen MR) is 195 cm³/mol. The zero-order valence-electron chi connectivity index (χ0n) is 30.7. The number of nitrogens with one attached hydrogen (secondary N) is 4. The van der Waals surface area contributed by atoms with Crippen molar-refractivity contribution >= 4 is 47.2 Å². The molecule has 16 heteroatoms. The van der Waals surface area contributed by atoms with E-state index in [1.54, 1.807) is 54.6 Å². The van der Waals surface area contributed by atoms with E-state index in [2.05, 4.69) is 21.3 Å². The third-order valence-corrected chi connectivity index (χ3v) is 10.1. The Labute approximate surface area is 313 Å². The van der Waals surface area contributed by atoms with E-state index < -0.39 is 91.0 Å². The highest BCUT2D eigenvalue weighted by atomic mass is 16.5. The van der Waals surface area contributed by atoms with Gasteiger partial charge in [-0.25, -0.2) is 9.59 Å². The number of benzene rings is 2. The SMILES string of the molecule is CC1CC2C(=O)OCC(NC(=O)C(Cc3ccccc3)NC(=O)Nc3ccccc3)C(=O)N3CCCC3C(=O)N(C)C(CCO)C(=O)NC(C)C(=O)N2C1. The fourth-order valence-electron chi connectivity index (χ4n) is 7.25. The summed E-state index contributed by atoms with van der Waals surface area (Å²) >= 11 is 0. The van der Waals surface area contributed by atoms with Gasteiger partial charge in [0.05, 0.1) is 0 Å². The van der Waals surface area contributed by atoms with Gasteiger partial charge in [0, 0.05) is 38.9 Å². The van der Waals surface area contributed by atoms with Crippen LogP contribution in [0.25, 0.3) is 0 Å². The second kappa shape index (κ2) is 18.0. The van der Waals surface area contributed by atoms with E-state index in [-0.39, 0.29) is 44.7 Å². The molecule has 7 atom stereocenters. The molecule has 2 aromatic carbocycles. The number of cyclic esters (lactones) is 1. The Kier molecular flexibility index (Phi) is 13.2. The van der Waals surface area contributed by atoms with Crippen molar-refractivity contribution in [1.82, 2.24) is 30.7 Å². The topological polar surface area (TPSA) is 207 Å². The maximum absolute atomic E-state index is 14.4. The summed E-state index contributed by atoms with van der Waals surface area (Å²) < 4.78 is 5.69. The highest BCUT2D eigenvalue weighted by molar-refractivity contribution is 5.98. The van der Waals surface area contributed by atoms with Crippen molar-refractivity contribution in [2.24, 2.45) is 5.92 Å². The lowest BCUT2D eigenvalue weighted by Gasteiger charge is -2.35. The number of carbonyl (C=O) groups is 7. The zero-order valence-corrected chi connectivity index (χ0v) is 30.7. The molecule has 3 fully saturated rings. The number of aliphatic hydroxyl groups is 1. The molecular formula is C38H49N7O9. The zero-order chi connectivity index (χ0) is 38.9. The fraction of sp³-hybridized carbons (Fsp3) is 0.500. The molecule has 16 nitrogen and oxygen atoms in total. The van der Waals surface area contributed by atoms with Gasteiger partial charge in [0.2, 0.25) is 29.5 Å². The maximum Gasteiger partial charge on any atom is 0.328 e. The van der Waals surface area contributed by atoms with Crippen molar-refractivity contribution in [3.8, 4) is 0 Å². The number of urea groups is 1. The van der Waals surface area contributed by atoms with Gasteiger partial charge in [-0.3, -0.25) is 24.0 Å². The number of aliphatic hydroxyl groups excluding tert-OH is 1. The van der Waals surface area contributed by atoms with Crippen molar-refractivity contribution in [2.75, 3.05) is 38.7 Å². The van der Waals surface area contributed by atoms with Gasteiger partial charge in [-0.1, -0.05) is 55.5 Å². The van der Waals surface area contributed by atoms with Crippen molar-refractivity contribution in [2.45, 2.75) is 82.2 Å². The fourth-order valence-corrected chi connectivity index (χ4v) is 7.25. The smallest absolute Gasteiger partial charge is 0.328 e. The first kappa shape index (κ1) is 39.7. The highest BCUT2D eigenvalue weighted by Crippen LogP contribution is 2.26. The summed E-state index contributed by atoms with van der Waals surface area (Å²) in [5, 5.41) is 20.5. The largest absolute Gasteiger partial charge is 0.461 e. The molecule has 7 amide bonds. The maximum atomic E-state index is 14.4. The molecule has 54 heavy (non-hydrogen) atoms. The molecule has 3 saturated heterocycles. The minimum absolute atomic E-state index is 0.0503. The number of fused-ring (bicyclic) bond motifs is 2. The lowest BCUT2D eigenvalue weighted by molar-refractivity contribution is -0.158. The molecule has 0 radical (unpaired) electrons. The van der Waals surface area contributed by atoms with Crippen LogP contribution in [0.4, 0.5) is 10.5 Å². The summed E-state index contributed by atoms with van der Waals surface area (Å²) in [6.07, 6.45) is 0.886. The molecular weight excluding hydrogens is 698 g/mol. The Morgan fingerprint density at radius 1 is 0.926 bits per heavy atom. The number of esters is 1. The average molecular weight is 748 g/mol. The molecule has 0 saturated carbocycles. The molecule has 0 bridgehead atoms. The van der Waals surface area contributed by atoms with Gasteiger partial charge in [0.25, 0.3) is 0 Å². The molecule has 0 aliphatic carbocycles. The Morgan fingerprint density at radius 2 is 1.61 bits per heavy atom. The first-order valence-electron chi connectivity index (χ1n) is 18.3. The number of ether oxygens (including phenoxy) is 1. The third kappa shape index (κ3) is 9.53. The first-order valence-corrected chi connectivity index (χ1v) is 18.3. The van der Waals surface area contributed by atoms with Gasteiger partial charge < -0.3 is 45.8 Å². The Hall–Kier alpha value is -5.51. The van der Waals surface area contributed by atoms with E-state index in [1.165, 1.54) is 28.7 Å². The number of carbonyl (C=O) groups excluding carboxylic acids is 7. The normalized spacial score (nSPS) is 26.0. The van der Waals surface area contributed by atoms with Gasteiger partial charge in [0.1, 0.15) is 42.9 Å². The van der Waals surface area contributed by atoms with Crippen LogP contribution in [0.3, 0.4) is 0 Å². The van der Waals surface area contributed by atoms with Crippen LogP contribution in [-0.4, -0.2) is 131 Å². The number of amides is 7. The number of hydrogen-bond acceptors (Lipinski definition) is 9. The van der Waals surface area contributed by atoms with E-state index in [1.807, 2.05) is 13.0 Å².